The molecule has 0 fully saturated rings. The van der Waals surface area contributed by atoms with Crippen molar-refractivity contribution in [2.45, 2.75) is 33.7 Å². The highest BCUT2D eigenvalue weighted by Gasteiger charge is 2.04. The molecule has 0 amide bonds. The van der Waals surface area contributed by atoms with Crippen LogP contribution in [0.4, 0.5) is 0 Å². The van der Waals surface area contributed by atoms with Crippen LogP contribution in [0.2, 0.25) is 5.02 Å². The number of hydrogen-bond acceptors (Lipinski definition) is 3. The number of nitrogens with one attached hydrogen (secondary N) is 1. The minimum absolute atomic E-state index is 0.616. The van der Waals surface area contributed by atoms with Crippen molar-refractivity contribution in [3.8, 4) is 11.6 Å². The number of hydrogen-bond donors (Lipinski definition) is 1. The fourth-order valence-electron chi connectivity index (χ4n) is 2.07. The van der Waals surface area contributed by atoms with Crippen molar-refractivity contribution < 1.29 is 4.74 Å². The van der Waals surface area contributed by atoms with E-state index in [0.29, 0.717) is 5.88 Å². The first-order valence-electron chi connectivity index (χ1n) is 7.20. The molecule has 3 nitrogen and oxygen atoms in total. The molecule has 0 spiro atoms. The SMILES string of the molecule is CCCNCc1cc(C)nc(Oc2ccc(Cl)c(C)c2)c1. The van der Waals surface area contributed by atoms with Gasteiger partial charge in [-0.25, -0.2) is 4.98 Å². The Kier molecular flexibility index (Phi) is 5.59. The monoisotopic (exact) mass is 304 g/mol. The molecule has 1 aromatic carbocycles. The molecule has 0 saturated carbocycles. The summed E-state index contributed by atoms with van der Waals surface area (Å²) in [4.78, 5) is 4.43. The maximum absolute atomic E-state index is 6.03. The van der Waals surface area contributed by atoms with Crippen molar-refractivity contribution in [1.82, 2.24) is 10.3 Å². The Bertz CT molecular complexity index is 614. The summed E-state index contributed by atoms with van der Waals surface area (Å²) in [5.41, 5.74) is 3.12. The third kappa shape index (κ3) is 4.73. The first-order valence-corrected chi connectivity index (χ1v) is 7.58. The number of halogens is 1. The second-order valence-corrected chi connectivity index (χ2v) is 5.55. The lowest BCUT2D eigenvalue weighted by atomic mass is 10.2. The normalized spacial score (nSPS) is 10.7. The van der Waals surface area contributed by atoms with Crippen LogP contribution in [0.5, 0.6) is 11.6 Å². The average molecular weight is 305 g/mol. The molecule has 1 N–H and O–H groups in total. The molecular weight excluding hydrogens is 284 g/mol. The van der Waals surface area contributed by atoms with Crippen LogP contribution < -0.4 is 10.1 Å². The maximum atomic E-state index is 6.03. The predicted octanol–water partition coefficient (Wildman–Crippen LogP) is 4.64. The average Bonchev–Trinajstić information content (AvgIpc) is 2.43. The molecule has 0 unspecified atom stereocenters. The van der Waals surface area contributed by atoms with E-state index in [1.165, 1.54) is 5.56 Å². The minimum atomic E-state index is 0.616. The van der Waals surface area contributed by atoms with Gasteiger partial charge in [-0.3, -0.25) is 0 Å². The largest absolute Gasteiger partial charge is 0.439 e. The molecule has 112 valence electrons. The van der Waals surface area contributed by atoms with Crippen LogP contribution in [0.1, 0.15) is 30.2 Å². The highest BCUT2D eigenvalue weighted by molar-refractivity contribution is 6.31. The summed E-state index contributed by atoms with van der Waals surface area (Å²) < 4.78 is 5.84. The molecule has 2 aromatic rings. The van der Waals surface area contributed by atoms with Gasteiger partial charge in [0.1, 0.15) is 5.75 Å². The standard InChI is InChI=1S/C17H21ClN2O/c1-4-7-19-11-14-9-13(3)20-17(10-14)21-15-5-6-16(18)12(2)8-15/h5-6,8-10,19H,4,7,11H2,1-3H3. The Balaban J connectivity index is 2.13. The molecule has 0 aliphatic heterocycles. The Morgan fingerprint density at radius 2 is 2.00 bits per heavy atom. The van der Waals surface area contributed by atoms with Crippen molar-refractivity contribution in [3.05, 3.63) is 52.2 Å². The number of aryl methyl sites for hydroxylation is 2. The van der Waals surface area contributed by atoms with E-state index in [0.717, 1.165) is 41.5 Å². The smallest absolute Gasteiger partial charge is 0.219 e. The first-order chi connectivity index (χ1) is 10.1. The van der Waals surface area contributed by atoms with Crippen molar-refractivity contribution >= 4 is 11.6 Å². The molecule has 1 heterocycles. The third-order valence-corrected chi connectivity index (χ3v) is 3.52. The topological polar surface area (TPSA) is 34.2 Å². The Morgan fingerprint density at radius 3 is 2.71 bits per heavy atom. The van der Waals surface area contributed by atoms with Gasteiger partial charge in [0.15, 0.2) is 0 Å². The predicted molar refractivity (Wildman–Crippen MR) is 87.2 cm³/mol. The van der Waals surface area contributed by atoms with E-state index in [4.69, 9.17) is 16.3 Å². The van der Waals surface area contributed by atoms with Gasteiger partial charge in [0.05, 0.1) is 0 Å². The number of pyridine rings is 1. The van der Waals surface area contributed by atoms with E-state index in [-0.39, 0.29) is 0 Å². The van der Waals surface area contributed by atoms with Crippen LogP contribution in [0.3, 0.4) is 0 Å². The zero-order valence-electron chi connectivity index (χ0n) is 12.7. The summed E-state index contributed by atoms with van der Waals surface area (Å²) in [6.45, 7) is 7.92. The molecule has 21 heavy (non-hydrogen) atoms. The molecule has 0 atom stereocenters. The second-order valence-electron chi connectivity index (χ2n) is 5.14. The summed E-state index contributed by atoms with van der Waals surface area (Å²) in [7, 11) is 0. The van der Waals surface area contributed by atoms with Gasteiger partial charge in [0.25, 0.3) is 0 Å². The zero-order valence-corrected chi connectivity index (χ0v) is 13.5. The fourth-order valence-corrected chi connectivity index (χ4v) is 2.19. The van der Waals surface area contributed by atoms with E-state index in [2.05, 4.69) is 23.3 Å². The van der Waals surface area contributed by atoms with Crippen molar-refractivity contribution in [3.63, 3.8) is 0 Å². The highest BCUT2D eigenvalue weighted by Crippen LogP contribution is 2.25. The fraction of sp³-hybridized carbons (Fsp3) is 0.353. The molecule has 0 aliphatic rings. The maximum Gasteiger partial charge on any atom is 0.219 e. The Hall–Kier alpha value is -1.58. The molecular formula is C17H21ClN2O. The van der Waals surface area contributed by atoms with Crippen molar-refractivity contribution in [2.75, 3.05) is 6.54 Å². The van der Waals surface area contributed by atoms with Gasteiger partial charge < -0.3 is 10.1 Å². The van der Waals surface area contributed by atoms with Crippen molar-refractivity contribution in [2.24, 2.45) is 0 Å². The minimum Gasteiger partial charge on any atom is -0.439 e. The van der Waals surface area contributed by atoms with Gasteiger partial charge in [-0.1, -0.05) is 18.5 Å². The first kappa shape index (κ1) is 15.8. The number of benzene rings is 1. The van der Waals surface area contributed by atoms with Gasteiger partial charge >= 0.3 is 0 Å². The van der Waals surface area contributed by atoms with E-state index < -0.39 is 0 Å². The van der Waals surface area contributed by atoms with Crippen LogP contribution in [0, 0.1) is 13.8 Å². The summed E-state index contributed by atoms with van der Waals surface area (Å²) in [6.07, 6.45) is 1.12. The number of rotatable bonds is 6. The van der Waals surface area contributed by atoms with Crippen molar-refractivity contribution in [1.29, 1.82) is 0 Å². The van der Waals surface area contributed by atoms with Gasteiger partial charge in [0, 0.05) is 23.3 Å². The van der Waals surface area contributed by atoms with E-state index in [1.54, 1.807) is 0 Å². The Morgan fingerprint density at radius 1 is 1.19 bits per heavy atom. The second kappa shape index (κ2) is 7.43. The van der Waals surface area contributed by atoms with Gasteiger partial charge in [0.2, 0.25) is 5.88 Å². The van der Waals surface area contributed by atoms with Crippen LogP contribution in [-0.4, -0.2) is 11.5 Å². The van der Waals surface area contributed by atoms with E-state index in [1.807, 2.05) is 38.1 Å². The van der Waals surface area contributed by atoms with E-state index >= 15 is 0 Å². The quantitative estimate of drug-likeness (QED) is 0.789. The third-order valence-electron chi connectivity index (χ3n) is 3.10. The lowest BCUT2D eigenvalue weighted by Crippen LogP contribution is -2.14. The van der Waals surface area contributed by atoms with E-state index in [9.17, 15) is 0 Å². The van der Waals surface area contributed by atoms with Gasteiger partial charge in [-0.05, 0) is 62.2 Å². The van der Waals surface area contributed by atoms with Crippen LogP contribution in [-0.2, 0) is 6.54 Å². The summed E-state index contributed by atoms with van der Waals surface area (Å²) in [5, 5.41) is 4.13. The molecule has 0 saturated heterocycles. The molecule has 1 aromatic heterocycles. The lowest BCUT2D eigenvalue weighted by molar-refractivity contribution is 0.460. The molecule has 2 rings (SSSR count). The summed E-state index contributed by atoms with van der Waals surface area (Å²) in [5.74, 6) is 1.37. The molecule has 0 aliphatic carbocycles. The Labute approximate surface area is 131 Å². The molecule has 0 bridgehead atoms. The summed E-state index contributed by atoms with van der Waals surface area (Å²) in [6, 6.07) is 9.66. The summed E-state index contributed by atoms with van der Waals surface area (Å²) >= 11 is 6.03. The highest BCUT2D eigenvalue weighted by atomic mass is 35.5. The molecule has 0 radical (unpaired) electrons. The van der Waals surface area contributed by atoms with Gasteiger partial charge in [-0.15, -0.1) is 0 Å². The number of ether oxygens (including phenoxy) is 1. The zero-order chi connectivity index (χ0) is 15.2. The number of aromatic nitrogens is 1. The number of nitrogens with zero attached hydrogens (tertiary/aromatic N) is 1. The van der Waals surface area contributed by atoms with Crippen LogP contribution >= 0.6 is 11.6 Å². The van der Waals surface area contributed by atoms with Gasteiger partial charge in [-0.2, -0.15) is 0 Å². The molecule has 4 heteroatoms. The van der Waals surface area contributed by atoms with Crippen LogP contribution in [0.25, 0.3) is 0 Å². The van der Waals surface area contributed by atoms with Crippen LogP contribution in [0.15, 0.2) is 30.3 Å². The lowest BCUT2D eigenvalue weighted by Gasteiger charge is -2.10.